The first-order chi connectivity index (χ1) is 26.4. The van der Waals surface area contributed by atoms with Crippen LogP contribution < -0.4 is 0 Å². The highest BCUT2D eigenvalue weighted by Gasteiger charge is 2.43. The number of nitrogens with zero attached hydrogens (tertiary/aromatic N) is 3. The van der Waals surface area contributed by atoms with E-state index in [-0.39, 0.29) is 79.0 Å². The first-order valence-corrected chi connectivity index (χ1v) is 20.7. The fraction of sp³-hybridized carbons (Fsp3) is 0.750. The SMILES string of the molecule is CCOC(=O)N(C)C(C(=O)C[C@H](C(=O)N(C)[C@@H]([C@@H](C)CC)[C@@H](CC(=O)N1CCC[C@H]1[C@H](OC)[C@@H](C)C(=O)C[C@H](C)[C@@H](O)c1ccccc1)OC)C(C)C)C(C)C. The summed E-state index contributed by atoms with van der Waals surface area (Å²) in [6.07, 6.45) is -0.240. The van der Waals surface area contributed by atoms with Crippen LogP contribution in [0.15, 0.2) is 30.3 Å². The molecule has 1 aromatic carbocycles. The van der Waals surface area contributed by atoms with Gasteiger partial charge in [-0.05, 0) is 49.0 Å². The predicted octanol–water partition coefficient (Wildman–Crippen LogP) is 6.58. The summed E-state index contributed by atoms with van der Waals surface area (Å²) < 4.78 is 17.2. The van der Waals surface area contributed by atoms with Crippen LogP contribution in [0, 0.1) is 35.5 Å². The van der Waals surface area contributed by atoms with Gasteiger partial charge in [-0.3, -0.25) is 19.2 Å². The number of likely N-dealkylation sites (tertiary alicyclic amines) is 1. The molecule has 0 bridgehead atoms. The van der Waals surface area contributed by atoms with Crippen LogP contribution in [-0.2, 0) is 33.4 Å². The number of ether oxygens (including phenoxy) is 3. The second kappa shape index (κ2) is 23.2. The molecule has 1 aliphatic heterocycles. The number of likely N-dealkylation sites (N-methyl/N-ethyl adjacent to an activating group) is 2. The van der Waals surface area contributed by atoms with Gasteiger partial charge in [-0.25, -0.2) is 4.79 Å². The van der Waals surface area contributed by atoms with E-state index in [9.17, 15) is 29.1 Å². The third-order valence-corrected chi connectivity index (χ3v) is 12.0. The van der Waals surface area contributed by atoms with Crippen molar-refractivity contribution in [3.63, 3.8) is 0 Å². The number of hydrogen-bond acceptors (Lipinski definition) is 9. The number of hydrogen-bond donors (Lipinski definition) is 1. The Bertz CT molecular complexity index is 1410. The fourth-order valence-electron chi connectivity index (χ4n) is 8.51. The summed E-state index contributed by atoms with van der Waals surface area (Å²) in [7, 11) is 6.40. The molecule has 1 unspecified atom stereocenters. The largest absolute Gasteiger partial charge is 0.450 e. The third kappa shape index (κ3) is 12.6. The van der Waals surface area contributed by atoms with E-state index in [0.717, 1.165) is 18.4 Å². The number of Topliss-reactive ketones (excluding diaryl/α,β-unsaturated/α-hetero) is 2. The van der Waals surface area contributed by atoms with E-state index in [1.807, 2.05) is 90.6 Å². The van der Waals surface area contributed by atoms with Gasteiger partial charge in [0.05, 0.1) is 49.5 Å². The minimum Gasteiger partial charge on any atom is -0.450 e. The summed E-state index contributed by atoms with van der Waals surface area (Å²) in [4.78, 5) is 73.5. The molecule has 10 atom stereocenters. The molecule has 1 fully saturated rings. The number of carbonyl (C=O) groups excluding carboxylic acids is 5. The molecule has 1 N–H and O–H groups in total. The van der Waals surface area contributed by atoms with Crippen molar-refractivity contribution in [2.45, 2.75) is 137 Å². The number of amides is 3. The summed E-state index contributed by atoms with van der Waals surface area (Å²) in [6.45, 7) is 17.7. The molecule has 0 aromatic heterocycles. The number of rotatable bonds is 23. The molecule has 1 aromatic rings. The van der Waals surface area contributed by atoms with E-state index in [0.29, 0.717) is 13.0 Å². The molecule has 0 spiro atoms. The molecule has 3 amide bonds. The van der Waals surface area contributed by atoms with Gasteiger partial charge in [-0.15, -0.1) is 0 Å². The normalized spacial score (nSPS) is 19.4. The quantitative estimate of drug-likeness (QED) is 0.130. The van der Waals surface area contributed by atoms with E-state index in [4.69, 9.17) is 14.2 Å². The highest BCUT2D eigenvalue weighted by atomic mass is 16.6. The van der Waals surface area contributed by atoms with E-state index in [2.05, 4.69) is 0 Å². The topological polar surface area (TPSA) is 143 Å². The lowest BCUT2D eigenvalue weighted by molar-refractivity contribution is -0.149. The minimum atomic E-state index is -0.779. The molecular formula is C44H73N3O9. The summed E-state index contributed by atoms with van der Waals surface area (Å²) in [6, 6.07) is 7.76. The lowest BCUT2D eigenvalue weighted by atomic mass is 9.83. The van der Waals surface area contributed by atoms with Gasteiger partial charge in [0.1, 0.15) is 5.78 Å². The molecule has 1 aliphatic rings. The standard InChI is InChI=1S/C44H73N3O9/c1-14-29(7)40(45(10)43(52)33(27(3)4)25-36(49)39(28(5)6)46(11)44(53)56-15-2)37(54-12)26-38(50)47-23-19-22-34(47)42(55-13)31(9)35(48)24-30(8)41(51)32-20-17-16-18-21-32/h16-18,20-21,27-31,33-34,37,39-42,51H,14-15,19,22-26H2,1-13H3/t29-,30-,31-,33-,34-,37+,39?,40-,41+,42+/m0/s1. The van der Waals surface area contributed by atoms with Crippen LogP contribution in [0.5, 0.6) is 0 Å². The zero-order chi connectivity index (χ0) is 42.4. The number of benzene rings is 1. The Morgan fingerprint density at radius 1 is 0.821 bits per heavy atom. The van der Waals surface area contributed by atoms with Gasteiger partial charge in [0.2, 0.25) is 11.8 Å². The molecule has 2 rings (SSSR count). The van der Waals surface area contributed by atoms with Crippen molar-refractivity contribution in [3.8, 4) is 0 Å². The van der Waals surface area contributed by atoms with Gasteiger partial charge >= 0.3 is 6.09 Å². The summed E-state index contributed by atoms with van der Waals surface area (Å²) in [5.74, 6) is -2.50. The number of carbonyl (C=O) groups is 5. The maximum atomic E-state index is 14.4. The highest BCUT2D eigenvalue weighted by Crippen LogP contribution is 2.33. The van der Waals surface area contributed by atoms with E-state index in [1.54, 1.807) is 40.1 Å². The Hall–Kier alpha value is -3.35. The van der Waals surface area contributed by atoms with Gasteiger partial charge in [0.25, 0.3) is 0 Å². The van der Waals surface area contributed by atoms with E-state index < -0.39 is 48.3 Å². The highest BCUT2D eigenvalue weighted by molar-refractivity contribution is 5.92. The zero-order valence-corrected chi connectivity index (χ0v) is 36.5. The Kier molecular flexibility index (Phi) is 20.2. The van der Waals surface area contributed by atoms with Crippen molar-refractivity contribution in [3.05, 3.63) is 35.9 Å². The molecule has 56 heavy (non-hydrogen) atoms. The van der Waals surface area contributed by atoms with Crippen LogP contribution in [0.1, 0.15) is 113 Å². The van der Waals surface area contributed by atoms with E-state index in [1.165, 1.54) is 4.90 Å². The van der Waals surface area contributed by atoms with Crippen LogP contribution in [0.4, 0.5) is 4.79 Å². The number of ketones is 2. The zero-order valence-electron chi connectivity index (χ0n) is 36.5. The Morgan fingerprint density at radius 2 is 1.45 bits per heavy atom. The van der Waals surface area contributed by atoms with Gasteiger partial charge in [0, 0.05) is 59.5 Å². The molecule has 12 heteroatoms. The van der Waals surface area contributed by atoms with E-state index >= 15 is 0 Å². The van der Waals surface area contributed by atoms with Crippen molar-refractivity contribution in [2.24, 2.45) is 35.5 Å². The average Bonchev–Trinajstić information content (AvgIpc) is 3.65. The average molecular weight is 788 g/mol. The van der Waals surface area contributed by atoms with Crippen LogP contribution in [-0.4, -0.2) is 121 Å². The molecular weight excluding hydrogens is 714 g/mol. The monoisotopic (exact) mass is 788 g/mol. The van der Waals surface area contributed by atoms with Crippen molar-refractivity contribution >= 4 is 29.5 Å². The molecule has 318 valence electrons. The minimum absolute atomic E-state index is 0.0176. The summed E-state index contributed by atoms with van der Waals surface area (Å²) >= 11 is 0. The maximum absolute atomic E-state index is 14.4. The first-order valence-electron chi connectivity index (χ1n) is 20.7. The van der Waals surface area contributed by atoms with Gasteiger partial charge in [-0.1, -0.05) is 92.1 Å². The molecule has 1 saturated heterocycles. The summed E-state index contributed by atoms with van der Waals surface area (Å²) in [5.41, 5.74) is 0.763. The van der Waals surface area contributed by atoms with Crippen molar-refractivity contribution in [1.82, 2.24) is 14.7 Å². The summed E-state index contributed by atoms with van der Waals surface area (Å²) in [5, 5.41) is 10.9. The second-order valence-electron chi connectivity index (χ2n) is 16.6. The molecule has 1 heterocycles. The van der Waals surface area contributed by atoms with Crippen molar-refractivity contribution < 1.29 is 43.3 Å². The van der Waals surface area contributed by atoms with Crippen LogP contribution in [0.3, 0.4) is 0 Å². The van der Waals surface area contributed by atoms with Gasteiger partial charge in [0.15, 0.2) is 5.78 Å². The lowest BCUT2D eigenvalue weighted by Gasteiger charge is -2.41. The van der Waals surface area contributed by atoms with Crippen molar-refractivity contribution in [2.75, 3.05) is 41.5 Å². The number of aliphatic hydroxyl groups excluding tert-OH is 1. The number of aliphatic hydroxyl groups is 1. The lowest BCUT2D eigenvalue weighted by Crippen LogP contribution is -2.54. The van der Waals surface area contributed by atoms with Crippen LogP contribution in [0.25, 0.3) is 0 Å². The van der Waals surface area contributed by atoms with Crippen LogP contribution in [0.2, 0.25) is 0 Å². The Labute approximate surface area is 337 Å². The molecule has 0 radical (unpaired) electrons. The van der Waals surface area contributed by atoms with Gasteiger partial charge in [-0.2, -0.15) is 0 Å². The first kappa shape index (κ1) is 48.8. The fourth-order valence-corrected chi connectivity index (χ4v) is 8.51. The van der Waals surface area contributed by atoms with Gasteiger partial charge < -0.3 is 34.0 Å². The van der Waals surface area contributed by atoms with Crippen molar-refractivity contribution in [1.29, 1.82) is 0 Å². The second-order valence-corrected chi connectivity index (χ2v) is 16.6. The smallest absolute Gasteiger partial charge is 0.410 e. The molecule has 12 nitrogen and oxygen atoms in total. The third-order valence-electron chi connectivity index (χ3n) is 12.0. The maximum Gasteiger partial charge on any atom is 0.410 e. The number of methoxy groups -OCH3 is 2. The molecule has 0 saturated carbocycles. The predicted molar refractivity (Wildman–Crippen MR) is 218 cm³/mol. The van der Waals surface area contributed by atoms with Crippen LogP contribution >= 0.6 is 0 Å². The Balaban J connectivity index is 2.28. The molecule has 0 aliphatic carbocycles. The Morgan fingerprint density at radius 3 is 1.96 bits per heavy atom.